The molecule has 0 spiro atoms. The van der Waals surface area contributed by atoms with Crippen LogP contribution in [0.5, 0.6) is 0 Å². The lowest BCUT2D eigenvalue weighted by atomic mass is 10.2. The fraction of sp³-hybridized carbons (Fsp3) is 0.875. The maximum atomic E-state index is 11.8. The van der Waals surface area contributed by atoms with Gasteiger partial charge in [-0.3, -0.25) is 0 Å². The molecule has 0 aliphatic heterocycles. The van der Waals surface area contributed by atoms with Crippen molar-refractivity contribution in [2.45, 2.75) is 25.1 Å². The fourth-order valence-corrected chi connectivity index (χ4v) is 1.10. The van der Waals surface area contributed by atoms with Gasteiger partial charge in [-0.2, -0.15) is 13.2 Å². The summed E-state index contributed by atoms with van der Waals surface area (Å²) in [5, 5.41) is 0. The number of alkyl halides is 3. The maximum absolute atomic E-state index is 11.8. The molecular formula is C8H11F3O3. The highest BCUT2D eigenvalue weighted by Crippen LogP contribution is 2.35. The van der Waals surface area contributed by atoms with Gasteiger partial charge in [0.25, 0.3) is 0 Å². The first-order valence-corrected chi connectivity index (χ1v) is 4.20. The Bertz CT molecular complexity index is 210. The van der Waals surface area contributed by atoms with E-state index in [0.717, 1.165) is 20.0 Å². The van der Waals surface area contributed by atoms with Gasteiger partial charge in [0.2, 0.25) is 0 Å². The molecule has 1 saturated carbocycles. The molecule has 82 valence electrons. The average molecular weight is 212 g/mol. The van der Waals surface area contributed by atoms with E-state index in [1.807, 2.05) is 0 Å². The molecule has 0 aromatic rings. The van der Waals surface area contributed by atoms with Crippen molar-refractivity contribution in [3.63, 3.8) is 0 Å². The molecule has 1 rings (SSSR count). The topological polar surface area (TPSA) is 35.5 Å². The van der Waals surface area contributed by atoms with E-state index in [4.69, 9.17) is 0 Å². The van der Waals surface area contributed by atoms with E-state index in [2.05, 4.69) is 9.47 Å². The Morgan fingerprint density at radius 2 is 2.07 bits per heavy atom. The lowest BCUT2D eigenvalue weighted by molar-refractivity contribution is -0.195. The maximum Gasteiger partial charge on any atom is 0.411 e. The third kappa shape index (κ3) is 3.53. The minimum atomic E-state index is -4.40. The van der Waals surface area contributed by atoms with Crippen molar-refractivity contribution >= 4 is 5.97 Å². The van der Waals surface area contributed by atoms with E-state index < -0.39 is 24.9 Å². The fourth-order valence-electron chi connectivity index (χ4n) is 1.10. The summed E-state index contributed by atoms with van der Waals surface area (Å²) < 4.78 is 44.2. The number of rotatable bonds is 4. The number of halogens is 3. The summed E-state index contributed by atoms with van der Waals surface area (Å²) in [5.41, 5.74) is 0. The second-order valence-corrected chi connectivity index (χ2v) is 3.21. The van der Waals surface area contributed by atoms with Crippen LogP contribution in [0.2, 0.25) is 0 Å². The molecule has 1 aliphatic rings. The van der Waals surface area contributed by atoms with Gasteiger partial charge in [0.1, 0.15) is 6.61 Å². The standard InChI is InChI=1S/C8H11F3O3/c1-13-7(12)6(5-2-3-5)14-4-8(9,10)11/h5-6H,2-4H2,1H3. The average Bonchev–Trinajstić information content (AvgIpc) is 2.86. The van der Waals surface area contributed by atoms with Gasteiger partial charge < -0.3 is 9.47 Å². The number of ether oxygens (including phenoxy) is 2. The van der Waals surface area contributed by atoms with Gasteiger partial charge in [0.05, 0.1) is 7.11 Å². The predicted molar refractivity (Wildman–Crippen MR) is 40.5 cm³/mol. The van der Waals surface area contributed by atoms with Crippen LogP contribution in [-0.2, 0) is 14.3 Å². The van der Waals surface area contributed by atoms with Crippen LogP contribution in [0.3, 0.4) is 0 Å². The number of carbonyl (C=O) groups is 1. The molecular weight excluding hydrogens is 201 g/mol. The Balaban J connectivity index is 2.40. The van der Waals surface area contributed by atoms with Crippen LogP contribution in [0.1, 0.15) is 12.8 Å². The smallest absolute Gasteiger partial charge is 0.411 e. The first-order valence-electron chi connectivity index (χ1n) is 4.20. The van der Waals surface area contributed by atoms with E-state index in [1.54, 1.807) is 0 Å². The summed E-state index contributed by atoms with van der Waals surface area (Å²) in [6.07, 6.45) is -4.02. The summed E-state index contributed by atoms with van der Waals surface area (Å²) in [4.78, 5) is 11.0. The van der Waals surface area contributed by atoms with Gasteiger partial charge >= 0.3 is 12.1 Å². The lowest BCUT2D eigenvalue weighted by Gasteiger charge is -2.15. The van der Waals surface area contributed by atoms with Gasteiger partial charge in [-0.25, -0.2) is 4.79 Å². The highest BCUT2D eigenvalue weighted by atomic mass is 19.4. The van der Waals surface area contributed by atoms with Crippen molar-refractivity contribution < 1.29 is 27.4 Å². The molecule has 0 N–H and O–H groups in total. The number of hydrogen-bond donors (Lipinski definition) is 0. The van der Waals surface area contributed by atoms with E-state index in [1.165, 1.54) is 0 Å². The summed E-state index contributed by atoms with van der Waals surface area (Å²) in [7, 11) is 1.13. The van der Waals surface area contributed by atoms with E-state index >= 15 is 0 Å². The quantitative estimate of drug-likeness (QED) is 0.663. The predicted octanol–water partition coefficient (Wildman–Crippen LogP) is 1.52. The van der Waals surface area contributed by atoms with Gasteiger partial charge in [-0.05, 0) is 18.8 Å². The Kier molecular flexibility index (Phi) is 3.36. The summed E-state index contributed by atoms with van der Waals surface area (Å²) in [6.45, 7) is -1.40. The van der Waals surface area contributed by atoms with Gasteiger partial charge in [-0.15, -0.1) is 0 Å². The zero-order chi connectivity index (χ0) is 10.8. The van der Waals surface area contributed by atoms with Crippen LogP contribution in [0.4, 0.5) is 13.2 Å². The van der Waals surface area contributed by atoms with Crippen molar-refractivity contribution in [2.24, 2.45) is 5.92 Å². The van der Waals surface area contributed by atoms with E-state index in [9.17, 15) is 18.0 Å². The number of carbonyl (C=O) groups excluding carboxylic acids is 1. The molecule has 0 heterocycles. The van der Waals surface area contributed by atoms with Crippen LogP contribution in [0.15, 0.2) is 0 Å². The van der Waals surface area contributed by atoms with Crippen molar-refractivity contribution in [3.8, 4) is 0 Å². The van der Waals surface area contributed by atoms with Crippen LogP contribution in [0, 0.1) is 5.92 Å². The summed E-state index contributed by atoms with van der Waals surface area (Å²) in [6, 6.07) is 0. The number of esters is 1. The highest BCUT2D eigenvalue weighted by molar-refractivity contribution is 5.75. The van der Waals surface area contributed by atoms with Crippen molar-refractivity contribution in [3.05, 3.63) is 0 Å². The zero-order valence-corrected chi connectivity index (χ0v) is 7.63. The second kappa shape index (κ2) is 4.16. The van der Waals surface area contributed by atoms with Crippen LogP contribution < -0.4 is 0 Å². The monoisotopic (exact) mass is 212 g/mol. The van der Waals surface area contributed by atoms with Crippen molar-refractivity contribution in [1.82, 2.24) is 0 Å². The molecule has 1 unspecified atom stereocenters. The molecule has 14 heavy (non-hydrogen) atoms. The van der Waals surface area contributed by atoms with E-state index in [-0.39, 0.29) is 5.92 Å². The SMILES string of the molecule is COC(=O)C(OCC(F)(F)F)C1CC1. The lowest BCUT2D eigenvalue weighted by Crippen LogP contribution is -2.32. The molecule has 3 nitrogen and oxygen atoms in total. The van der Waals surface area contributed by atoms with Crippen LogP contribution in [-0.4, -0.2) is 32.0 Å². The minimum absolute atomic E-state index is 0.107. The molecule has 1 fully saturated rings. The third-order valence-electron chi connectivity index (χ3n) is 1.91. The Hall–Kier alpha value is -0.780. The van der Waals surface area contributed by atoms with Gasteiger partial charge in [0, 0.05) is 0 Å². The molecule has 0 aromatic heterocycles. The van der Waals surface area contributed by atoms with Crippen molar-refractivity contribution in [1.29, 1.82) is 0 Å². The molecule has 6 heteroatoms. The Morgan fingerprint density at radius 1 is 1.50 bits per heavy atom. The first-order chi connectivity index (χ1) is 6.44. The minimum Gasteiger partial charge on any atom is -0.467 e. The summed E-state index contributed by atoms with van der Waals surface area (Å²) in [5.74, 6) is -0.832. The molecule has 0 bridgehead atoms. The molecule has 0 amide bonds. The Labute approximate surface area is 79.2 Å². The number of methoxy groups -OCH3 is 1. The zero-order valence-electron chi connectivity index (χ0n) is 7.63. The molecule has 0 radical (unpaired) electrons. The number of hydrogen-bond acceptors (Lipinski definition) is 3. The van der Waals surface area contributed by atoms with Gasteiger partial charge in [0.15, 0.2) is 6.10 Å². The van der Waals surface area contributed by atoms with Crippen LogP contribution in [0.25, 0.3) is 0 Å². The molecule has 1 aliphatic carbocycles. The second-order valence-electron chi connectivity index (χ2n) is 3.21. The first kappa shape index (κ1) is 11.3. The normalized spacial score (nSPS) is 19.1. The molecule has 1 atom stereocenters. The molecule has 0 saturated heterocycles. The highest BCUT2D eigenvalue weighted by Gasteiger charge is 2.40. The molecule has 0 aromatic carbocycles. The summed E-state index contributed by atoms with van der Waals surface area (Å²) >= 11 is 0. The van der Waals surface area contributed by atoms with Crippen molar-refractivity contribution in [2.75, 3.05) is 13.7 Å². The van der Waals surface area contributed by atoms with Crippen LogP contribution >= 0.6 is 0 Å². The Morgan fingerprint density at radius 3 is 2.43 bits per heavy atom. The third-order valence-corrected chi connectivity index (χ3v) is 1.91. The van der Waals surface area contributed by atoms with Gasteiger partial charge in [-0.1, -0.05) is 0 Å². The van der Waals surface area contributed by atoms with E-state index in [0.29, 0.717) is 0 Å². The largest absolute Gasteiger partial charge is 0.467 e.